The number of phenols is 1. The number of nitrogens with zero attached hydrogens (tertiary/aromatic N) is 1. The molecule has 16 heavy (non-hydrogen) atoms. The predicted octanol–water partition coefficient (Wildman–Crippen LogP) is 1.73. The van der Waals surface area contributed by atoms with Crippen molar-refractivity contribution in [1.29, 1.82) is 0 Å². The third-order valence-electron chi connectivity index (χ3n) is 1.52. The van der Waals surface area contributed by atoms with E-state index >= 15 is 0 Å². The number of hydrogen-bond acceptors (Lipinski definition) is 5. The van der Waals surface area contributed by atoms with Crippen molar-refractivity contribution in [1.82, 2.24) is 0 Å². The molecular formula is C9H13NO5S. The highest BCUT2D eigenvalue weighted by Crippen LogP contribution is 2.24. The fourth-order valence-electron chi connectivity index (χ4n) is 0.888. The molecule has 1 rings (SSSR count). The van der Waals surface area contributed by atoms with Gasteiger partial charge in [0, 0.05) is 12.3 Å². The highest BCUT2D eigenvalue weighted by Gasteiger charge is 2.15. The third kappa shape index (κ3) is 3.85. The van der Waals surface area contributed by atoms with E-state index in [-0.39, 0.29) is 4.90 Å². The Balaban J connectivity index is 0.00000106. The van der Waals surface area contributed by atoms with Crippen LogP contribution in [0, 0.1) is 10.1 Å². The van der Waals surface area contributed by atoms with Gasteiger partial charge >= 0.3 is 0 Å². The number of nitro benzene ring substituents is 1. The second-order valence-corrected chi connectivity index (χ2v) is 4.73. The Morgan fingerprint density at radius 3 is 2.12 bits per heavy atom. The zero-order chi connectivity index (χ0) is 12.9. The number of hydrogen-bond donors (Lipinski definition) is 1. The summed E-state index contributed by atoms with van der Waals surface area (Å²) in [6, 6.07) is 2.74. The van der Waals surface area contributed by atoms with Gasteiger partial charge in [0.2, 0.25) is 0 Å². The smallest absolute Gasteiger partial charge is 0.274 e. The highest BCUT2D eigenvalue weighted by atomic mass is 32.2. The summed E-state index contributed by atoms with van der Waals surface area (Å²) in [7, 11) is -3.55. The zero-order valence-corrected chi connectivity index (χ0v) is 9.98. The van der Waals surface area contributed by atoms with Gasteiger partial charge in [-0.2, -0.15) is 0 Å². The van der Waals surface area contributed by atoms with E-state index in [2.05, 4.69) is 0 Å². The van der Waals surface area contributed by atoms with Crippen molar-refractivity contribution in [3.05, 3.63) is 28.3 Å². The number of aromatic hydroxyl groups is 1. The molecule has 1 aromatic rings. The van der Waals surface area contributed by atoms with Crippen molar-refractivity contribution in [3.63, 3.8) is 0 Å². The van der Waals surface area contributed by atoms with E-state index in [1.807, 2.05) is 13.8 Å². The summed E-state index contributed by atoms with van der Waals surface area (Å²) < 4.78 is 22.1. The average molecular weight is 247 g/mol. The summed E-state index contributed by atoms with van der Waals surface area (Å²) in [6.07, 6.45) is 0.908. The molecule has 0 bridgehead atoms. The molecule has 0 amide bonds. The minimum Gasteiger partial charge on any atom is -0.508 e. The predicted molar refractivity (Wildman–Crippen MR) is 59.2 cm³/mol. The maximum atomic E-state index is 11.0. The van der Waals surface area contributed by atoms with Crippen LogP contribution in [0.15, 0.2) is 23.1 Å². The van der Waals surface area contributed by atoms with Crippen molar-refractivity contribution < 1.29 is 18.4 Å². The number of sulfone groups is 1. The number of non-ortho nitro benzene ring substituents is 1. The van der Waals surface area contributed by atoms with Crippen molar-refractivity contribution in [2.45, 2.75) is 18.7 Å². The maximum Gasteiger partial charge on any atom is 0.274 e. The van der Waals surface area contributed by atoms with E-state index < -0.39 is 26.2 Å². The molecule has 0 spiro atoms. The van der Waals surface area contributed by atoms with Crippen molar-refractivity contribution >= 4 is 15.5 Å². The molecule has 0 unspecified atom stereocenters. The molecule has 0 fully saturated rings. The van der Waals surface area contributed by atoms with Crippen molar-refractivity contribution in [2.75, 3.05) is 6.26 Å². The average Bonchev–Trinajstić information content (AvgIpc) is 2.18. The van der Waals surface area contributed by atoms with Gasteiger partial charge in [-0.25, -0.2) is 8.42 Å². The molecule has 1 N–H and O–H groups in total. The van der Waals surface area contributed by atoms with E-state index in [0.29, 0.717) is 0 Å². The molecule has 0 aliphatic carbocycles. The molecular weight excluding hydrogens is 234 g/mol. The lowest BCUT2D eigenvalue weighted by Gasteiger charge is -1.99. The molecule has 90 valence electrons. The van der Waals surface area contributed by atoms with Gasteiger partial charge in [0.25, 0.3) is 5.69 Å². The van der Waals surface area contributed by atoms with E-state index in [0.717, 1.165) is 24.5 Å². The second-order valence-electron chi connectivity index (χ2n) is 2.71. The van der Waals surface area contributed by atoms with Gasteiger partial charge in [-0.3, -0.25) is 10.1 Å². The van der Waals surface area contributed by atoms with Crippen LogP contribution < -0.4 is 0 Å². The molecule has 7 heteroatoms. The Morgan fingerprint density at radius 2 is 1.75 bits per heavy atom. The van der Waals surface area contributed by atoms with Crippen LogP contribution in [0.4, 0.5) is 5.69 Å². The van der Waals surface area contributed by atoms with Gasteiger partial charge in [-0.1, -0.05) is 13.8 Å². The molecule has 0 heterocycles. The molecule has 1 aromatic carbocycles. The van der Waals surface area contributed by atoms with Crippen LogP contribution in [0.5, 0.6) is 5.75 Å². The third-order valence-corrected chi connectivity index (χ3v) is 2.61. The lowest BCUT2D eigenvalue weighted by Crippen LogP contribution is -1.98. The van der Waals surface area contributed by atoms with Gasteiger partial charge in [0.1, 0.15) is 5.75 Å². The quantitative estimate of drug-likeness (QED) is 0.634. The van der Waals surface area contributed by atoms with Gasteiger partial charge < -0.3 is 5.11 Å². The van der Waals surface area contributed by atoms with Crippen LogP contribution in [0.25, 0.3) is 0 Å². The highest BCUT2D eigenvalue weighted by molar-refractivity contribution is 7.90. The van der Waals surface area contributed by atoms with Crippen LogP contribution in [-0.2, 0) is 9.84 Å². The number of rotatable bonds is 2. The Morgan fingerprint density at radius 1 is 1.25 bits per heavy atom. The maximum absolute atomic E-state index is 11.0. The normalized spacial score (nSPS) is 10.2. The topological polar surface area (TPSA) is 97.5 Å². The molecule has 0 saturated carbocycles. The Bertz CT molecular complexity index is 481. The van der Waals surface area contributed by atoms with Crippen LogP contribution in [0.2, 0.25) is 0 Å². The molecule has 0 aliphatic rings. The van der Waals surface area contributed by atoms with Crippen LogP contribution in [-0.4, -0.2) is 24.7 Å². The molecule has 0 saturated heterocycles. The standard InChI is InChI=1S/C7H7NO5S.C2H6/c1-14(12,13)7-3-5(8(10)11)2-6(9)4-7;1-2/h2-4,9H,1H3;1-2H3. The van der Waals surface area contributed by atoms with Gasteiger partial charge in [-0.05, 0) is 6.07 Å². The number of phenolic OH excluding ortho intramolecular Hbond substituents is 1. The molecule has 0 atom stereocenters. The SMILES string of the molecule is CC.CS(=O)(=O)c1cc(O)cc([N+](=O)[O-])c1. The summed E-state index contributed by atoms with van der Waals surface area (Å²) >= 11 is 0. The van der Waals surface area contributed by atoms with E-state index in [9.17, 15) is 18.5 Å². The summed E-state index contributed by atoms with van der Waals surface area (Å²) in [5.74, 6) is -0.445. The number of nitro groups is 1. The fourth-order valence-corrected chi connectivity index (χ4v) is 1.56. The lowest BCUT2D eigenvalue weighted by molar-refractivity contribution is -0.385. The lowest BCUT2D eigenvalue weighted by atomic mass is 10.3. The van der Waals surface area contributed by atoms with Gasteiger partial charge in [-0.15, -0.1) is 0 Å². The summed E-state index contributed by atoms with van der Waals surface area (Å²) in [5, 5.41) is 19.4. The minimum absolute atomic E-state index is 0.274. The monoisotopic (exact) mass is 247 g/mol. The van der Waals surface area contributed by atoms with Gasteiger partial charge in [0.15, 0.2) is 9.84 Å². The van der Waals surface area contributed by atoms with E-state index in [1.165, 1.54) is 0 Å². The largest absolute Gasteiger partial charge is 0.508 e. The first-order valence-electron chi connectivity index (χ1n) is 4.49. The molecule has 0 radical (unpaired) electrons. The van der Waals surface area contributed by atoms with Gasteiger partial charge in [0.05, 0.1) is 15.9 Å². The van der Waals surface area contributed by atoms with Crippen LogP contribution in [0.3, 0.4) is 0 Å². The molecule has 6 nitrogen and oxygen atoms in total. The first-order valence-corrected chi connectivity index (χ1v) is 6.38. The van der Waals surface area contributed by atoms with Crippen LogP contribution >= 0.6 is 0 Å². The fraction of sp³-hybridized carbons (Fsp3) is 0.333. The molecule has 0 aliphatic heterocycles. The van der Waals surface area contributed by atoms with Crippen molar-refractivity contribution in [3.8, 4) is 5.75 Å². The van der Waals surface area contributed by atoms with Crippen LogP contribution in [0.1, 0.15) is 13.8 Å². The Hall–Kier alpha value is -1.63. The molecule has 0 aromatic heterocycles. The number of benzene rings is 1. The Labute approximate surface area is 93.6 Å². The van der Waals surface area contributed by atoms with E-state index in [4.69, 9.17) is 5.11 Å². The summed E-state index contributed by atoms with van der Waals surface area (Å²) in [5.41, 5.74) is -0.453. The Kier molecular flexibility index (Phi) is 4.90. The first-order chi connectivity index (χ1) is 7.30. The van der Waals surface area contributed by atoms with Crippen molar-refractivity contribution in [2.24, 2.45) is 0 Å². The first kappa shape index (κ1) is 14.4. The zero-order valence-electron chi connectivity index (χ0n) is 9.17. The van der Waals surface area contributed by atoms with E-state index in [1.54, 1.807) is 0 Å². The summed E-state index contributed by atoms with van der Waals surface area (Å²) in [4.78, 5) is 9.29. The second kappa shape index (κ2) is 5.45. The minimum atomic E-state index is -3.55. The summed E-state index contributed by atoms with van der Waals surface area (Å²) in [6.45, 7) is 4.00.